The molecule has 2 rings (SSSR count). The normalized spacial score (nSPS) is 12.2. The number of alkyl halides is 3. The third kappa shape index (κ3) is 3.88. The lowest BCUT2D eigenvalue weighted by atomic mass is 10.1. The highest BCUT2D eigenvalue weighted by Gasteiger charge is 2.48. The highest BCUT2D eigenvalue weighted by molar-refractivity contribution is 14.1. The van der Waals surface area contributed by atoms with Gasteiger partial charge in [0, 0.05) is 3.57 Å². The van der Waals surface area contributed by atoms with Crippen molar-refractivity contribution in [2.75, 3.05) is 0 Å². The van der Waals surface area contributed by atoms with E-state index in [0.717, 1.165) is 14.7 Å². The van der Waals surface area contributed by atoms with Crippen LogP contribution in [0.25, 0.3) is 11.1 Å². The van der Waals surface area contributed by atoms with E-state index in [1.54, 1.807) is 0 Å². The molecule has 2 aromatic rings. The maximum atomic E-state index is 12.2. The highest BCUT2D eigenvalue weighted by atomic mass is 127. The fourth-order valence-corrected chi connectivity index (χ4v) is 2.34. The molecule has 0 aliphatic carbocycles. The van der Waals surface area contributed by atoms with Gasteiger partial charge < -0.3 is 4.18 Å². The summed E-state index contributed by atoms with van der Waals surface area (Å²) in [5.41, 5.74) is -3.84. The lowest BCUT2D eigenvalue weighted by Crippen LogP contribution is -2.28. The summed E-state index contributed by atoms with van der Waals surface area (Å²) in [6, 6.07) is 12.8. The fourth-order valence-electron chi connectivity index (χ4n) is 1.52. The average Bonchev–Trinajstić information content (AvgIpc) is 2.39. The Morgan fingerprint density at radius 3 is 1.71 bits per heavy atom. The van der Waals surface area contributed by atoms with E-state index < -0.39 is 15.6 Å². The van der Waals surface area contributed by atoms with Crippen LogP contribution in [0.2, 0.25) is 0 Å². The van der Waals surface area contributed by atoms with Crippen molar-refractivity contribution in [1.29, 1.82) is 0 Å². The monoisotopic (exact) mass is 428 g/mol. The molecular formula is C13H8F3IO3S. The lowest BCUT2D eigenvalue weighted by Gasteiger charge is -2.10. The van der Waals surface area contributed by atoms with Crippen molar-refractivity contribution in [3.05, 3.63) is 52.1 Å². The van der Waals surface area contributed by atoms with Crippen molar-refractivity contribution in [2.24, 2.45) is 0 Å². The smallest absolute Gasteiger partial charge is 0.376 e. The molecule has 0 spiro atoms. The molecule has 2 aromatic carbocycles. The molecular weight excluding hydrogens is 420 g/mol. The molecule has 0 atom stereocenters. The number of benzene rings is 2. The second-order valence-electron chi connectivity index (χ2n) is 4.01. The van der Waals surface area contributed by atoms with Crippen LogP contribution in [0.15, 0.2) is 48.5 Å². The number of hydrogen-bond acceptors (Lipinski definition) is 3. The Balaban J connectivity index is 2.22. The van der Waals surface area contributed by atoms with Gasteiger partial charge >= 0.3 is 15.6 Å². The second-order valence-corrected chi connectivity index (χ2v) is 6.80. The summed E-state index contributed by atoms with van der Waals surface area (Å²) in [5.74, 6) is -0.387. The number of hydrogen-bond donors (Lipinski definition) is 0. The van der Waals surface area contributed by atoms with Crippen LogP contribution in [0.1, 0.15) is 0 Å². The van der Waals surface area contributed by atoms with Crippen molar-refractivity contribution in [3.63, 3.8) is 0 Å². The molecule has 0 bridgehead atoms. The molecule has 0 radical (unpaired) electrons. The van der Waals surface area contributed by atoms with E-state index in [-0.39, 0.29) is 5.75 Å². The molecule has 0 aromatic heterocycles. The van der Waals surface area contributed by atoms with Gasteiger partial charge in [0.1, 0.15) is 5.75 Å². The largest absolute Gasteiger partial charge is 0.534 e. The molecule has 8 heteroatoms. The van der Waals surface area contributed by atoms with Gasteiger partial charge in [-0.1, -0.05) is 24.3 Å². The Labute approximate surface area is 133 Å². The molecule has 0 aliphatic rings. The van der Waals surface area contributed by atoms with Gasteiger partial charge in [0.25, 0.3) is 0 Å². The van der Waals surface area contributed by atoms with Gasteiger partial charge in [-0.2, -0.15) is 21.6 Å². The molecule has 0 saturated heterocycles. The quantitative estimate of drug-likeness (QED) is 0.419. The van der Waals surface area contributed by atoms with Crippen LogP contribution in [0.4, 0.5) is 13.2 Å². The van der Waals surface area contributed by atoms with Crippen LogP contribution in [0.3, 0.4) is 0 Å². The van der Waals surface area contributed by atoms with Gasteiger partial charge in [-0.3, -0.25) is 0 Å². The Morgan fingerprint density at radius 1 is 0.857 bits per heavy atom. The molecule has 0 amide bonds. The SMILES string of the molecule is O=S(=O)(Oc1ccc(-c2ccc(I)cc2)cc1)C(F)(F)F. The Hall–Kier alpha value is -1.29. The molecule has 3 nitrogen and oxygen atoms in total. The maximum absolute atomic E-state index is 12.2. The van der Waals surface area contributed by atoms with Crippen molar-refractivity contribution < 1.29 is 25.8 Å². The van der Waals surface area contributed by atoms with Crippen molar-refractivity contribution >= 4 is 32.7 Å². The minimum absolute atomic E-state index is 0.387. The zero-order valence-electron chi connectivity index (χ0n) is 10.3. The van der Waals surface area contributed by atoms with Crippen molar-refractivity contribution in [2.45, 2.75) is 5.51 Å². The molecule has 0 heterocycles. The van der Waals surface area contributed by atoms with Gasteiger partial charge in [-0.15, -0.1) is 0 Å². The summed E-state index contributed by atoms with van der Waals surface area (Å²) in [6.07, 6.45) is 0. The summed E-state index contributed by atoms with van der Waals surface area (Å²) >= 11 is 2.15. The molecule has 0 unspecified atom stereocenters. The van der Waals surface area contributed by atoms with Crippen molar-refractivity contribution in [3.8, 4) is 16.9 Å². The minimum atomic E-state index is -5.63. The molecule has 112 valence electrons. The standard InChI is InChI=1S/C13H8F3IO3S/c14-13(15,16)21(18,19)20-12-7-3-10(4-8-12)9-1-5-11(17)6-2-9/h1-8H. The lowest BCUT2D eigenvalue weighted by molar-refractivity contribution is -0.0500. The topological polar surface area (TPSA) is 43.4 Å². The van der Waals surface area contributed by atoms with Gasteiger partial charge in [0.15, 0.2) is 0 Å². The number of halogens is 4. The van der Waals surface area contributed by atoms with E-state index in [4.69, 9.17) is 0 Å². The highest BCUT2D eigenvalue weighted by Crippen LogP contribution is 2.28. The molecule has 0 fully saturated rings. The molecule has 0 aliphatic heterocycles. The van der Waals surface area contributed by atoms with E-state index in [2.05, 4.69) is 26.8 Å². The predicted octanol–water partition coefficient (Wildman–Crippen LogP) is 4.19. The summed E-state index contributed by atoms with van der Waals surface area (Å²) in [5, 5.41) is 0. The molecule has 0 N–H and O–H groups in total. The third-order valence-electron chi connectivity index (χ3n) is 2.52. The van der Waals surface area contributed by atoms with Crippen LogP contribution in [-0.2, 0) is 10.1 Å². The number of rotatable bonds is 3. The first-order chi connectivity index (χ1) is 9.69. The van der Waals surface area contributed by atoms with E-state index in [9.17, 15) is 21.6 Å². The zero-order valence-corrected chi connectivity index (χ0v) is 13.2. The molecule has 21 heavy (non-hydrogen) atoms. The van der Waals surface area contributed by atoms with E-state index in [1.807, 2.05) is 24.3 Å². The average molecular weight is 428 g/mol. The van der Waals surface area contributed by atoms with E-state index in [1.165, 1.54) is 24.3 Å². The predicted molar refractivity (Wildman–Crippen MR) is 80.2 cm³/mol. The minimum Gasteiger partial charge on any atom is -0.376 e. The van der Waals surface area contributed by atoms with Gasteiger partial charge in [-0.25, -0.2) is 0 Å². The third-order valence-corrected chi connectivity index (χ3v) is 4.22. The van der Waals surface area contributed by atoms with Gasteiger partial charge in [0.2, 0.25) is 0 Å². The first kappa shape index (κ1) is 16.1. The van der Waals surface area contributed by atoms with Gasteiger partial charge in [-0.05, 0) is 58.0 Å². The van der Waals surface area contributed by atoms with E-state index >= 15 is 0 Å². The summed E-state index contributed by atoms with van der Waals surface area (Å²) < 4.78 is 63.4. The Kier molecular flexibility index (Phi) is 4.47. The van der Waals surface area contributed by atoms with Gasteiger partial charge in [0.05, 0.1) is 0 Å². The Morgan fingerprint density at radius 2 is 1.29 bits per heavy atom. The van der Waals surface area contributed by atoms with Crippen LogP contribution in [0.5, 0.6) is 5.75 Å². The van der Waals surface area contributed by atoms with Crippen molar-refractivity contribution in [1.82, 2.24) is 0 Å². The fraction of sp³-hybridized carbons (Fsp3) is 0.0769. The first-order valence-corrected chi connectivity index (χ1v) is 8.04. The van der Waals surface area contributed by atoms with Crippen LogP contribution in [-0.4, -0.2) is 13.9 Å². The Bertz CT molecular complexity index is 723. The summed E-state index contributed by atoms with van der Waals surface area (Å²) in [6.45, 7) is 0. The van der Waals surface area contributed by atoms with Crippen LogP contribution in [0, 0.1) is 3.57 Å². The zero-order chi connectivity index (χ0) is 15.7. The van der Waals surface area contributed by atoms with Crippen LogP contribution < -0.4 is 4.18 Å². The summed E-state index contributed by atoms with van der Waals surface area (Å²) in [4.78, 5) is 0. The van der Waals surface area contributed by atoms with E-state index in [0.29, 0.717) is 0 Å². The van der Waals surface area contributed by atoms with Crippen LogP contribution >= 0.6 is 22.6 Å². The maximum Gasteiger partial charge on any atom is 0.534 e. The summed E-state index contributed by atoms with van der Waals surface area (Å²) in [7, 11) is -5.63. The first-order valence-electron chi connectivity index (χ1n) is 5.56. The molecule has 0 saturated carbocycles. The second kappa shape index (κ2) is 5.84.